The molecule has 1 aliphatic rings. The summed E-state index contributed by atoms with van der Waals surface area (Å²) in [5, 5.41) is 2.91. The zero-order valence-electron chi connectivity index (χ0n) is 23.7. The number of fused-ring (bicyclic) bond motifs is 1. The van der Waals surface area contributed by atoms with Gasteiger partial charge in [0.2, 0.25) is 18.0 Å². The highest BCUT2D eigenvalue weighted by atomic mass is 16.2. The molecule has 4 rings (SSSR count). The molecule has 0 radical (unpaired) electrons. The van der Waals surface area contributed by atoms with E-state index in [1.54, 1.807) is 11.0 Å². The lowest BCUT2D eigenvalue weighted by molar-refractivity contribution is -0.135. The molecule has 3 unspecified atom stereocenters. The van der Waals surface area contributed by atoms with E-state index in [9.17, 15) is 14.4 Å². The van der Waals surface area contributed by atoms with Crippen LogP contribution in [0, 0.1) is 17.8 Å². The molecule has 0 fully saturated rings. The van der Waals surface area contributed by atoms with Gasteiger partial charge in [-0.3, -0.25) is 14.4 Å². The normalized spacial score (nSPS) is 16.3. The van der Waals surface area contributed by atoms with E-state index in [1.807, 2.05) is 98.8 Å². The summed E-state index contributed by atoms with van der Waals surface area (Å²) in [5.74, 6) is -2.67. The standard InChI is InChI=1S/C34H38N4O3/c1-4-13-26(31(35)39)28(22-23(2)3)33(40)37-32-34(41)38(21-20-24-14-7-5-8-15-24)29-19-12-11-18-27(29)30(36-32)25-16-9-6-10-17-25/h4-12,14-19,23,26,28,32H,1,13,20-22H2,2-3H3,(H2,35,39)(H,37,40). The SMILES string of the molecule is C=CCC(C(N)=O)C(CC(C)C)C(=O)NC1N=C(c2ccccc2)c2ccccc2N(CCc2ccccc2)C1=O. The van der Waals surface area contributed by atoms with Crippen molar-refractivity contribution in [1.82, 2.24) is 5.32 Å². The summed E-state index contributed by atoms with van der Waals surface area (Å²) in [4.78, 5) is 47.0. The fourth-order valence-corrected chi connectivity index (χ4v) is 5.33. The van der Waals surface area contributed by atoms with Crippen LogP contribution in [0.1, 0.15) is 43.4 Å². The second-order valence-corrected chi connectivity index (χ2v) is 10.8. The van der Waals surface area contributed by atoms with Gasteiger partial charge >= 0.3 is 0 Å². The number of anilines is 1. The Hall–Kier alpha value is -4.52. The first-order valence-corrected chi connectivity index (χ1v) is 14.1. The van der Waals surface area contributed by atoms with Crippen molar-refractivity contribution in [3.63, 3.8) is 0 Å². The predicted octanol–water partition coefficient (Wildman–Crippen LogP) is 4.90. The Morgan fingerprint density at radius 2 is 1.61 bits per heavy atom. The third-order valence-corrected chi connectivity index (χ3v) is 7.34. The number of aliphatic imine (C=N–C) groups is 1. The predicted molar refractivity (Wildman–Crippen MR) is 163 cm³/mol. The number of benzene rings is 3. The second kappa shape index (κ2) is 13.7. The summed E-state index contributed by atoms with van der Waals surface area (Å²) in [6.45, 7) is 8.11. The molecule has 0 bridgehead atoms. The highest BCUT2D eigenvalue weighted by molar-refractivity contribution is 6.20. The van der Waals surface area contributed by atoms with E-state index >= 15 is 0 Å². The summed E-state index contributed by atoms with van der Waals surface area (Å²) in [6.07, 6.45) is 1.74. The number of hydrogen-bond acceptors (Lipinski definition) is 4. The van der Waals surface area contributed by atoms with E-state index in [2.05, 4.69) is 11.9 Å². The van der Waals surface area contributed by atoms with Crippen molar-refractivity contribution in [2.75, 3.05) is 11.4 Å². The molecule has 0 saturated heterocycles. The van der Waals surface area contributed by atoms with Crippen LogP contribution in [-0.4, -0.2) is 36.1 Å². The van der Waals surface area contributed by atoms with Gasteiger partial charge in [0.1, 0.15) is 0 Å². The Labute approximate surface area is 242 Å². The molecule has 7 nitrogen and oxygen atoms in total. The van der Waals surface area contributed by atoms with Crippen LogP contribution in [0.5, 0.6) is 0 Å². The molecule has 1 heterocycles. The fraction of sp³-hybridized carbons (Fsp3) is 0.294. The van der Waals surface area contributed by atoms with E-state index in [0.717, 1.165) is 22.4 Å². The number of amides is 3. The first-order chi connectivity index (χ1) is 19.8. The molecule has 41 heavy (non-hydrogen) atoms. The topological polar surface area (TPSA) is 105 Å². The van der Waals surface area contributed by atoms with Crippen molar-refractivity contribution in [3.8, 4) is 0 Å². The fourth-order valence-electron chi connectivity index (χ4n) is 5.33. The van der Waals surface area contributed by atoms with Gasteiger partial charge in [-0.25, -0.2) is 4.99 Å². The molecule has 212 valence electrons. The molecule has 3 N–H and O–H groups in total. The molecule has 3 atom stereocenters. The van der Waals surface area contributed by atoms with Crippen molar-refractivity contribution < 1.29 is 14.4 Å². The summed E-state index contributed by atoms with van der Waals surface area (Å²) in [5.41, 5.74) is 9.80. The van der Waals surface area contributed by atoms with Gasteiger partial charge in [0.25, 0.3) is 5.91 Å². The highest BCUT2D eigenvalue weighted by Gasteiger charge is 2.37. The number of nitrogens with two attached hydrogens (primary N) is 1. The molecule has 7 heteroatoms. The Balaban J connectivity index is 1.76. The number of hydrogen-bond donors (Lipinski definition) is 2. The molecular formula is C34H38N4O3. The van der Waals surface area contributed by atoms with Crippen molar-refractivity contribution in [2.45, 2.75) is 39.3 Å². The monoisotopic (exact) mass is 550 g/mol. The maximum Gasteiger partial charge on any atom is 0.272 e. The van der Waals surface area contributed by atoms with Gasteiger partial charge in [-0.15, -0.1) is 6.58 Å². The zero-order chi connectivity index (χ0) is 29.4. The van der Waals surface area contributed by atoms with Crippen LogP contribution in [0.15, 0.2) is 103 Å². The van der Waals surface area contributed by atoms with Crippen molar-refractivity contribution in [3.05, 3.63) is 114 Å². The lowest BCUT2D eigenvalue weighted by Gasteiger charge is -2.28. The van der Waals surface area contributed by atoms with Crippen molar-refractivity contribution in [2.24, 2.45) is 28.5 Å². The van der Waals surface area contributed by atoms with Crippen LogP contribution in [0.2, 0.25) is 0 Å². The summed E-state index contributed by atoms with van der Waals surface area (Å²) in [7, 11) is 0. The van der Waals surface area contributed by atoms with E-state index in [4.69, 9.17) is 10.7 Å². The maximum atomic E-state index is 14.2. The van der Waals surface area contributed by atoms with Gasteiger partial charge < -0.3 is 16.0 Å². The molecule has 1 aliphatic heterocycles. The van der Waals surface area contributed by atoms with Crippen LogP contribution in [-0.2, 0) is 20.8 Å². The largest absolute Gasteiger partial charge is 0.369 e. The highest BCUT2D eigenvalue weighted by Crippen LogP contribution is 2.30. The Kier molecular flexibility index (Phi) is 9.85. The number of benzodiazepines with no additional fused rings is 1. The Morgan fingerprint density at radius 3 is 2.24 bits per heavy atom. The minimum Gasteiger partial charge on any atom is -0.369 e. The lowest BCUT2D eigenvalue weighted by atomic mass is 9.82. The van der Waals surface area contributed by atoms with Crippen LogP contribution in [0.3, 0.4) is 0 Å². The Morgan fingerprint density at radius 1 is 0.976 bits per heavy atom. The number of carbonyl (C=O) groups is 3. The number of para-hydroxylation sites is 1. The van der Waals surface area contributed by atoms with E-state index < -0.39 is 29.8 Å². The third-order valence-electron chi connectivity index (χ3n) is 7.34. The van der Waals surface area contributed by atoms with Gasteiger partial charge in [-0.05, 0) is 36.8 Å². The van der Waals surface area contributed by atoms with Crippen LogP contribution in [0.4, 0.5) is 5.69 Å². The number of carbonyl (C=O) groups excluding carboxylic acids is 3. The first kappa shape index (κ1) is 29.5. The maximum absolute atomic E-state index is 14.2. The van der Waals surface area contributed by atoms with Crippen molar-refractivity contribution in [1.29, 1.82) is 0 Å². The molecule has 0 saturated carbocycles. The first-order valence-electron chi connectivity index (χ1n) is 14.1. The molecule has 0 spiro atoms. The number of nitrogens with zero attached hydrogens (tertiary/aromatic N) is 2. The lowest BCUT2D eigenvalue weighted by Crippen LogP contribution is -2.51. The Bertz CT molecular complexity index is 1400. The van der Waals surface area contributed by atoms with E-state index in [-0.39, 0.29) is 18.2 Å². The van der Waals surface area contributed by atoms with Gasteiger partial charge in [0, 0.05) is 17.7 Å². The summed E-state index contributed by atoms with van der Waals surface area (Å²) in [6, 6.07) is 27.3. The molecule has 0 aromatic heterocycles. The van der Waals surface area contributed by atoms with Gasteiger partial charge in [-0.1, -0.05) is 98.8 Å². The molecule has 3 amide bonds. The number of allylic oxidation sites excluding steroid dienone is 1. The summed E-state index contributed by atoms with van der Waals surface area (Å²) >= 11 is 0. The summed E-state index contributed by atoms with van der Waals surface area (Å²) < 4.78 is 0. The minimum atomic E-state index is -1.19. The van der Waals surface area contributed by atoms with Crippen molar-refractivity contribution >= 4 is 29.1 Å². The van der Waals surface area contributed by atoms with Crippen LogP contribution in [0.25, 0.3) is 0 Å². The average molecular weight is 551 g/mol. The van der Waals surface area contributed by atoms with Gasteiger partial charge in [0.05, 0.1) is 23.2 Å². The van der Waals surface area contributed by atoms with Gasteiger partial charge in [0.15, 0.2) is 0 Å². The number of primary amides is 1. The van der Waals surface area contributed by atoms with E-state index in [0.29, 0.717) is 25.1 Å². The van der Waals surface area contributed by atoms with Gasteiger partial charge in [-0.2, -0.15) is 0 Å². The number of rotatable bonds is 12. The third kappa shape index (κ3) is 7.17. The molecular weight excluding hydrogens is 512 g/mol. The second-order valence-electron chi connectivity index (χ2n) is 10.8. The average Bonchev–Trinajstić information content (AvgIpc) is 3.08. The quantitative estimate of drug-likeness (QED) is 0.314. The van der Waals surface area contributed by atoms with E-state index in [1.165, 1.54) is 0 Å². The smallest absolute Gasteiger partial charge is 0.272 e. The number of nitrogens with one attached hydrogen (secondary N) is 1. The van der Waals surface area contributed by atoms with Crippen LogP contribution >= 0.6 is 0 Å². The molecule has 3 aromatic carbocycles. The molecule has 0 aliphatic carbocycles. The molecule has 3 aromatic rings. The minimum absolute atomic E-state index is 0.122. The van der Waals surface area contributed by atoms with Crippen LogP contribution < -0.4 is 16.0 Å². The zero-order valence-corrected chi connectivity index (χ0v) is 23.7.